The molecule has 16 heavy (non-hydrogen) atoms. The summed E-state index contributed by atoms with van der Waals surface area (Å²) >= 11 is 0. The van der Waals surface area contributed by atoms with E-state index in [1.54, 1.807) is 4.68 Å². The highest BCUT2D eigenvalue weighted by atomic mass is 15.3. The van der Waals surface area contributed by atoms with Crippen molar-refractivity contribution in [1.82, 2.24) is 9.78 Å². The fraction of sp³-hybridized carbons (Fsp3) is 0.750. The van der Waals surface area contributed by atoms with Gasteiger partial charge in [0.05, 0.1) is 5.69 Å². The van der Waals surface area contributed by atoms with Crippen molar-refractivity contribution >= 4 is 11.5 Å². The number of nitrogens with two attached hydrogens (primary N) is 1. The van der Waals surface area contributed by atoms with Crippen LogP contribution in [0.4, 0.5) is 11.5 Å². The van der Waals surface area contributed by atoms with Crippen molar-refractivity contribution in [2.45, 2.75) is 39.2 Å². The Bertz CT molecular complexity index is 358. The van der Waals surface area contributed by atoms with Crippen molar-refractivity contribution < 1.29 is 0 Å². The number of hydrogen-bond acceptors (Lipinski definition) is 3. The van der Waals surface area contributed by atoms with E-state index in [4.69, 9.17) is 5.73 Å². The Labute approximate surface area is 97.2 Å². The van der Waals surface area contributed by atoms with Gasteiger partial charge in [-0.05, 0) is 31.1 Å². The second kappa shape index (κ2) is 4.36. The Morgan fingerprint density at radius 3 is 2.75 bits per heavy atom. The molecule has 90 valence electrons. The van der Waals surface area contributed by atoms with E-state index in [1.807, 2.05) is 13.2 Å². The quantitative estimate of drug-likeness (QED) is 0.807. The van der Waals surface area contributed by atoms with Gasteiger partial charge in [-0.1, -0.05) is 13.8 Å². The highest BCUT2D eigenvalue weighted by molar-refractivity contribution is 5.60. The topological polar surface area (TPSA) is 55.9 Å². The smallest absolute Gasteiger partial charge is 0.171 e. The summed E-state index contributed by atoms with van der Waals surface area (Å²) in [6.45, 7) is 4.65. The third-order valence-corrected chi connectivity index (χ3v) is 3.61. The van der Waals surface area contributed by atoms with Crippen LogP contribution in [0.15, 0.2) is 6.20 Å². The first-order valence-electron chi connectivity index (χ1n) is 6.12. The monoisotopic (exact) mass is 222 g/mol. The molecule has 0 spiro atoms. The van der Waals surface area contributed by atoms with E-state index in [9.17, 15) is 0 Å². The van der Waals surface area contributed by atoms with Gasteiger partial charge in [0, 0.05) is 19.3 Å². The highest BCUT2D eigenvalue weighted by Crippen LogP contribution is 2.31. The summed E-state index contributed by atoms with van der Waals surface area (Å²) in [7, 11) is 1.90. The fourth-order valence-corrected chi connectivity index (χ4v) is 2.67. The molecule has 4 nitrogen and oxygen atoms in total. The van der Waals surface area contributed by atoms with Crippen molar-refractivity contribution in [1.29, 1.82) is 0 Å². The maximum atomic E-state index is 5.89. The molecule has 0 aliphatic heterocycles. The summed E-state index contributed by atoms with van der Waals surface area (Å²) in [5.74, 6) is 2.40. The third-order valence-electron chi connectivity index (χ3n) is 3.61. The minimum atomic E-state index is 0.522. The molecule has 3 N–H and O–H groups in total. The number of hydrogen-bond donors (Lipinski definition) is 2. The minimum absolute atomic E-state index is 0.522. The van der Waals surface area contributed by atoms with Crippen molar-refractivity contribution in [3.05, 3.63) is 6.20 Å². The number of anilines is 2. The van der Waals surface area contributed by atoms with E-state index in [0.717, 1.165) is 17.4 Å². The van der Waals surface area contributed by atoms with Gasteiger partial charge in [0.15, 0.2) is 5.82 Å². The largest absolute Gasteiger partial charge is 0.394 e. The number of aryl methyl sites for hydroxylation is 1. The number of nitrogens with zero attached hydrogens (tertiary/aromatic N) is 2. The molecular formula is C12H22N4. The normalized spacial score (nSPS) is 30.3. The number of aromatic nitrogens is 2. The van der Waals surface area contributed by atoms with E-state index in [1.165, 1.54) is 19.3 Å². The zero-order valence-electron chi connectivity index (χ0n) is 10.4. The Hall–Kier alpha value is -1.19. The molecule has 1 fully saturated rings. The Morgan fingerprint density at radius 1 is 1.44 bits per heavy atom. The summed E-state index contributed by atoms with van der Waals surface area (Å²) in [5.41, 5.74) is 6.63. The lowest BCUT2D eigenvalue weighted by Crippen LogP contribution is -2.33. The van der Waals surface area contributed by atoms with Crippen LogP contribution in [-0.4, -0.2) is 15.8 Å². The van der Waals surface area contributed by atoms with E-state index >= 15 is 0 Å². The van der Waals surface area contributed by atoms with Gasteiger partial charge in [0.1, 0.15) is 0 Å². The van der Waals surface area contributed by atoms with Crippen LogP contribution in [0.2, 0.25) is 0 Å². The van der Waals surface area contributed by atoms with Gasteiger partial charge >= 0.3 is 0 Å². The lowest BCUT2D eigenvalue weighted by Gasteiger charge is -2.33. The predicted octanol–water partition coefficient (Wildman–Crippen LogP) is 2.24. The average molecular weight is 222 g/mol. The van der Waals surface area contributed by atoms with E-state index in [2.05, 4.69) is 24.3 Å². The van der Waals surface area contributed by atoms with E-state index in [0.29, 0.717) is 12.0 Å². The van der Waals surface area contributed by atoms with Gasteiger partial charge in [0.25, 0.3) is 0 Å². The van der Waals surface area contributed by atoms with Gasteiger partial charge in [-0.25, -0.2) is 0 Å². The molecule has 1 saturated carbocycles. The van der Waals surface area contributed by atoms with Crippen LogP contribution in [-0.2, 0) is 7.05 Å². The first-order valence-corrected chi connectivity index (χ1v) is 6.12. The first kappa shape index (κ1) is 11.3. The molecule has 4 heteroatoms. The standard InChI is InChI=1S/C12H22N4/c1-8-4-5-11(9(2)6-8)14-12-10(13)7-16(3)15-12/h7-9,11H,4-6,13H2,1-3H3,(H,14,15). The number of nitrogens with one attached hydrogen (secondary N) is 1. The maximum absolute atomic E-state index is 5.89. The first-order chi connectivity index (χ1) is 7.56. The Kier molecular flexibility index (Phi) is 3.08. The summed E-state index contributed by atoms with van der Waals surface area (Å²) < 4.78 is 1.76. The molecular weight excluding hydrogens is 200 g/mol. The van der Waals surface area contributed by atoms with Gasteiger partial charge in [-0.2, -0.15) is 5.10 Å². The van der Waals surface area contributed by atoms with Crippen LogP contribution in [0.25, 0.3) is 0 Å². The van der Waals surface area contributed by atoms with Gasteiger partial charge in [-0.15, -0.1) is 0 Å². The SMILES string of the molecule is CC1CCC(Nc2nn(C)cc2N)C(C)C1. The van der Waals surface area contributed by atoms with Crippen molar-refractivity contribution in [2.75, 3.05) is 11.1 Å². The summed E-state index contributed by atoms with van der Waals surface area (Å²) in [4.78, 5) is 0. The Morgan fingerprint density at radius 2 is 2.19 bits per heavy atom. The third kappa shape index (κ3) is 2.31. The van der Waals surface area contributed by atoms with Crippen LogP contribution in [0.5, 0.6) is 0 Å². The summed E-state index contributed by atoms with van der Waals surface area (Å²) in [6.07, 6.45) is 5.66. The Balaban J connectivity index is 2.02. The molecule has 1 aromatic rings. The lowest BCUT2D eigenvalue weighted by molar-refractivity contribution is 0.276. The number of rotatable bonds is 2. The summed E-state index contributed by atoms with van der Waals surface area (Å²) in [6, 6.07) is 0.522. The maximum Gasteiger partial charge on any atom is 0.171 e. The summed E-state index contributed by atoms with van der Waals surface area (Å²) in [5, 5.41) is 7.82. The molecule has 1 aliphatic carbocycles. The molecule has 2 rings (SSSR count). The van der Waals surface area contributed by atoms with Crippen LogP contribution in [0.3, 0.4) is 0 Å². The zero-order chi connectivity index (χ0) is 11.7. The predicted molar refractivity (Wildman–Crippen MR) is 67.2 cm³/mol. The lowest BCUT2D eigenvalue weighted by atomic mass is 9.80. The van der Waals surface area contributed by atoms with Crippen molar-refractivity contribution in [3.63, 3.8) is 0 Å². The average Bonchev–Trinajstić information content (AvgIpc) is 2.50. The fourth-order valence-electron chi connectivity index (χ4n) is 2.67. The highest BCUT2D eigenvalue weighted by Gasteiger charge is 2.26. The molecule has 1 aliphatic rings. The molecule has 0 radical (unpaired) electrons. The van der Waals surface area contributed by atoms with E-state index in [-0.39, 0.29) is 0 Å². The number of nitrogen functional groups attached to an aromatic ring is 1. The molecule has 1 aromatic heterocycles. The molecule has 0 aromatic carbocycles. The molecule has 0 saturated heterocycles. The van der Waals surface area contributed by atoms with E-state index < -0.39 is 0 Å². The second-order valence-electron chi connectivity index (χ2n) is 5.25. The zero-order valence-corrected chi connectivity index (χ0v) is 10.4. The molecule has 3 atom stereocenters. The van der Waals surface area contributed by atoms with Gasteiger partial charge < -0.3 is 11.1 Å². The van der Waals surface area contributed by atoms with Crippen molar-refractivity contribution in [2.24, 2.45) is 18.9 Å². The molecule has 3 unspecified atom stereocenters. The van der Waals surface area contributed by atoms with Crippen LogP contribution in [0, 0.1) is 11.8 Å². The molecule has 0 amide bonds. The van der Waals surface area contributed by atoms with Crippen LogP contribution >= 0.6 is 0 Å². The van der Waals surface area contributed by atoms with Gasteiger partial charge in [0.2, 0.25) is 0 Å². The minimum Gasteiger partial charge on any atom is -0.394 e. The van der Waals surface area contributed by atoms with Crippen LogP contribution in [0.1, 0.15) is 33.1 Å². The van der Waals surface area contributed by atoms with Gasteiger partial charge in [-0.3, -0.25) is 4.68 Å². The molecule has 1 heterocycles. The second-order valence-corrected chi connectivity index (χ2v) is 5.25. The molecule has 0 bridgehead atoms. The van der Waals surface area contributed by atoms with Crippen molar-refractivity contribution in [3.8, 4) is 0 Å². The van der Waals surface area contributed by atoms with Crippen LogP contribution < -0.4 is 11.1 Å².